The molecule has 1 fully saturated rings. The maximum atomic E-state index is 10.9. The lowest BCUT2D eigenvalue weighted by Gasteiger charge is -2.32. The van der Waals surface area contributed by atoms with Crippen molar-refractivity contribution in [2.45, 2.75) is 26.4 Å². The maximum Gasteiger partial charge on any atom is 0.339 e. The van der Waals surface area contributed by atoms with Gasteiger partial charge in [-0.2, -0.15) is 0 Å². The summed E-state index contributed by atoms with van der Waals surface area (Å²) in [6.07, 6.45) is 0. The second kappa shape index (κ2) is 4.89. The minimum absolute atomic E-state index is 0.251. The van der Waals surface area contributed by atoms with E-state index in [1.807, 2.05) is 0 Å². The number of carbonyl (C=O) groups is 1. The normalized spacial score (nSPS) is 21.6. The van der Waals surface area contributed by atoms with E-state index in [0.29, 0.717) is 30.7 Å². The number of aromatic carboxylic acids is 1. The Morgan fingerprint density at radius 3 is 3.00 bits per heavy atom. The Bertz CT molecular complexity index is 413. The minimum atomic E-state index is -0.937. The first-order chi connectivity index (χ1) is 8.08. The van der Waals surface area contributed by atoms with Gasteiger partial charge in [0.15, 0.2) is 0 Å². The van der Waals surface area contributed by atoms with Crippen molar-refractivity contribution in [1.29, 1.82) is 0 Å². The molecule has 1 aromatic heterocycles. The Morgan fingerprint density at radius 1 is 1.65 bits per heavy atom. The van der Waals surface area contributed by atoms with Crippen LogP contribution in [0.3, 0.4) is 0 Å². The molecule has 94 valence electrons. The molecule has 2 rings (SSSR count). The molecular formula is C12H17NO4. The zero-order valence-electron chi connectivity index (χ0n) is 10.1. The van der Waals surface area contributed by atoms with Crippen LogP contribution < -0.4 is 0 Å². The van der Waals surface area contributed by atoms with E-state index in [2.05, 4.69) is 11.8 Å². The predicted octanol–water partition coefficient (Wildman–Crippen LogP) is 1.51. The fourth-order valence-corrected chi connectivity index (χ4v) is 2.03. The van der Waals surface area contributed by atoms with Crippen LogP contribution in [0.4, 0.5) is 0 Å². The zero-order valence-corrected chi connectivity index (χ0v) is 10.1. The lowest BCUT2D eigenvalue weighted by atomic mass is 10.2. The third kappa shape index (κ3) is 2.68. The molecular weight excluding hydrogens is 222 g/mol. The van der Waals surface area contributed by atoms with Crippen LogP contribution in [0.15, 0.2) is 10.5 Å². The third-order valence-corrected chi connectivity index (χ3v) is 3.06. The summed E-state index contributed by atoms with van der Waals surface area (Å²) in [6, 6.07) is 1.95. The Labute approximate surface area is 100.0 Å². The summed E-state index contributed by atoms with van der Waals surface area (Å²) < 4.78 is 10.8. The number of rotatable bonds is 3. The van der Waals surface area contributed by atoms with E-state index < -0.39 is 5.97 Å². The molecule has 1 saturated heterocycles. The lowest BCUT2D eigenvalue weighted by Crippen LogP contribution is -2.42. The van der Waals surface area contributed by atoms with Crippen molar-refractivity contribution in [2.24, 2.45) is 0 Å². The van der Waals surface area contributed by atoms with E-state index in [1.165, 1.54) is 0 Å². The van der Waals surface area contributed by atoms with Gasteiger partial charge in [-0.25, -0.2) is 4.79 Å². The Hall–Kier alpha value is -1.33. The standard InChI is InChI=1S/C12H17NO4/c1-8-7-16-4-3-13(8)6-10-5-11(12(14)15)9(2)17-10/h5,8H,3-4,6-7H2,1-2H3,(H,14,15). The molecule has 1 aliphatic rings. The summed E-state index contributed by atoms with van der Waals surface area (Å²) in [6.45, 7) is 6.69. The van der Waals surface area contributed by atoms with E-state index in [4.69, 9.17) is 14.3 Å². The molecule has 0 aromatic carbocycles. The summed E-state index contributed by atoms with van der Waals surface area (Å²) in [7, 11) is 0. The number of hydrogen-bond donors (Lipinski definition) is 1. The molecule has 1 N–H and O–H groups in total. The van der Waals surface area contributed by atoms with E-state index >= 15 is 0 Å². The first-order valence-corrected chi connectivity index (χ1v) is 5.72. The summed E-state index contributed by atoms with van der Waals surface area (Å²) in [5.74, 6) is 0.231. The summed E-state index contributed by atoms with van der Waals surface area (Å²) in [5, 5.41) is 8.94. The van der Waals surface area contributed by atoms with Gasteiger partial charge in [0, 0.05) is 12.6 Å². The van der Waals surface area contributed by atoms with Crippen LogP contribution in [0.1, 0.15) is 28.8 Å². The topological polar surface area (TPSA) is 62.9 Å². The number of carboxylic acid groups (broad SMARTS) is 1. The number of ether oxygens (including phenoxy) is 1. The highest BCUT2D eigenvalue weighted by Gasteiger charge is 2.21. The molecule has 0 spiro atoms. The average molecular weight is 239 g/mol. The second-order valence-corrected chi connectivity index (χ2v) is 4.38. The number of carboxylic acids is 1. The lowest BCUT2D eigenvalue weighted by molar-refractivity contribution is -0.00717. The molecule has 5 nitrogen and oxygen atoms in total. The third-order valence-electron chi connectivity index (χ3n) is 3.06. The molecule has 0 amide bonds. The molecule has 1 aliphatic heterocycles. The summed E-state index contributed by atoms with van der Waals surface area (Å²) in [5.41, 5.74) is 0.251. The Morgan fingerprint density at radius 2 is 2.41 bits per heavy atom. The quantitative estimate of drug-likeness (QED) is 0.866. The van der Waals surface area contributed by atoms with Crippen LogP contribution in [0, 0.1) is 6.92 Å². The first-order valence-electron chi connectivity index (χ1n) is 5.72. The Balaban J connectivity index is 2.07. The van der Waals surface area contributed by atoms with Gasteiger partial charge in [0.25, 0.3) is 0 Å². The van der Waals surface area contributed by atoms with Crippen LogP contribution >= 0.6 is 0 Å². The molecule has 2 heterocycles. The molecule has 0 bridgehead atoms. The molecule has 1 aromatic rings. The van der Waals surface area contributed by atoms with Gasteiger partial charge < -0.3 is 14.3 Å². The van der Waals surface area contributed by atoms with Crippen molar-refractivity contribution in [3.63, 3.8) is 0 Å². The molecule has 0 radical (unpaired) electrons. The largest absolute Gasteiger partial charge is 0.478 e. The van der Waals surface area contributed by atoms with Gasteiger partial charge >= 0.3 is 5.97 Å². The van der Waals surface area contributed by atoms with E-state index in [-0.39, 0.29) is 5.56 Å². The highest BCUT2D eigenvalue weighted by atomic mass is 16.5. The fraction of sp³-hybridized carbons (Fsp3) is 0.583. The van der Waals surface area contributed by atoms with Crippen LogP contribution in [-0.4, -0.2) is 41.8 Å². The fourth-order valence-electron chi connectivity index (χ4n) is 2.03. The van der Waals surface area contributed by atoms with Gasteiger partial charge in [-0.05, 0) is 19.9 Å². The van der Waals surface area contributed by atoms with Gasteiger partial charge in [0.1, 0.15) is 17.1 Å². The van der Waals surface area contributed by atoms with Crippen molar-refractivity contribution in [3.8, 4) is 0 Å². The number of hydrogen-bond acceptors (Lipinski definition) is 4. The second-order valence-electron chi connectivity index (χ2n) is 4.38. The van der Waals surface area contributed by atoms with Crippen LogP contribution in [0.25, 0.3) is 0 Å². The molecule has 5 heteroatoms. The summed E-state index contributed by atoms with van der Waals surface area (Å²) in [4.78, 5) is 13.1. The van der Waals surface area contributed by atoms with E-state index in [9.17, 15) is 4.79 Å². The van der Waals surface area contributed by atoms with Crippen molar-refractivity contribution in [1.82, 2.24) is 4.90 Å². The van der Waals surface area contributed by atoms with Crippen LogP contribution in [-0.2, 0) is 11.3 Å². The molecule has 1 atom stereocenters. The average Bonchev–Trinajstić information content (AvgIpc) is 2.63. The Kier molecular flexibility index (Phi) is 3.49. The van der Waals surface area contributed by atoms with Crippen LogP contribution in [0.5, 0.6) is 0 Å². The van der Waals surface area contributed by atoms with Crippen molar-refractivity contribution < 1.29 is 19.1 Å². The van der Waals surface area contributed by atoms with Crippen molar-refractivity contribution in [2.75, 3.05) is 19.8 Å². The smallest absolute Gasteiger partial charge is 0.339 e. The van der Waals surface area contributed by atoms with Gasteiger partial charge in [0.05, 0.1) is 19.8 Å². The molecule has 0 saturated carbocycles. The maximum absolute atomic E-state index is 10.9. The number of morpholine rings is 1. The SMILES string of the molecule is Cc1oc(CN2CCOCC2C)cc1C(=O)O. The molecule has 0 aliphatic carbocycles. The molecule has 1 unspecified atom stereocenters. The van der Waals surface area contributed by atoms with Crippen molar-refractivity contribution >= 4 is 5.97 Å². The number of aryl methyl sites for hydroxylation is 1. The first kappa shape index (κ1) is 12.1. The number of furan rings is 1. The minimum Gasteiger partial charge on any atom is -0.478 e. The van der Waals surface area contributed by atoms with Crippen LogP contribution in [0.2, 0.25) is 0 Å². The van der Waals surface area contributed by atoms with Gasteiger partial charge in [-0.1, -0.05) is 0 Å². The monoisotopic (exact) mass is 239 g/mol. The number of nitrogens with zero attached hydrogens (tertiary/aromatic N) is 1. The van der Waals surface area contributed by atoms with Crippen molar-refractivity contribution in [3.05, 3.63) is 23.2 Å². The van der Waals surface area contributed by atoms with Gasteiger partial charge in [-0.15, -0.1) is 0 Å². The highest BCUT2D eigenvalue weighted by Crippen LogP contribution is 2.18. The predicted molar refractivity (Wildman–Crippen MR) is 61.1 cm³/mol. The van der Waals surface area contributed by atoms with E-state index in [0.717, 1.165) is 13.2 Å². The zero-order chi connectivity index (χ0) is 12.4. The van der Waals surface area contributed by atoms with Gasteiger partial charge in [-0.3, -0.25) is 4.90 Å². The van der Waals surface area contributed by atoms with E-state index in [1.54, 1.807) is 13.0 Å². The van der Waals surface area contributed by atoms with Gasteiger partial charge in [0.2, 0.25) is 0 Å². The summed E-state index contributed by atoms with van der Waals surface area (Å²) >= 11 is 0. The molecule has 17 heavy (non-hydrogen) atoms. The highest BCUT2D eigenvalue weighted by molar-refractivity contribution is 5.88.